The van der Waals surface area contributed by atoms with Gasteiger partial charge in [-0.15, -0.1) is 0 Å². The van der Waals surface area contributed by atoms with Crippen LogP contribution in [0, 0.1) is 0 Å². The Morgan fingerprint density at radius 2 is 0.235 bits per heavy atom. The molecule has 0 unspecified atom stereocenters. The summed E-state index contributed by atoms with van der Waals surface area (Å²) in [7, 11) is 0. The van der Waals surface area contributed by atoms with E-state index in [0.29, 0.717) is 0 Å². The average molecular weight is 1310 g/mol. The Morgan fingerprint density at radius 3 is 0.373 bits per heavy atom. The highest BCUT2D eigenvalue weighted by molar-refractivity contribution is 5.79. The molecule has 0 heterocycles. The molecule has 0 fully saturated rings. The van der Waals surface area contributed by atoms with Crippen LogP contribution in [0.3, 0.4) is 0 Å². The summed E-state index contributed by atoms with van der Waals surface area (Å²) in [5.74, 6) is 0. The molecule has 0 spiro atoms. The van der Waals surface area contributed by atoms with Crippen LogP contribution in [0.1, 0.15) is 111 Å². The Bertz CT molecular complexity index is 4350. The zero-order valence-electron chi connectivity index (χ0n) is 58.2. The van der Waals surface area contributed by atoms with Crippen molar-refractivity contribution in [2.75, 3.05) is 0 Å². The van der Waals surface area contributed by atoms with Crippen LogP contribution in [-0.2, 0) is 64.2 Å². The molecule has 0 saturated heterocycles. The van der Waals surface area contributed by atoms with E-state index in [4.69, 9.17) is 0 Å². The second kappa shape index (κ2) is 34.2. The zero-order valence-corrected chi connectivity index (χ0v) is 58.2. The molecule has 0 nitrogen and oxygen atoms in total. The van der Waals surface area contributed by atoms with Crippen LogP contribution in [0.25, 0.3) is 75.9 Å². The van der Waals surface area contributed by atoms with Crippen molar-refractivity contribution in [1.82, 2.24) is 0 Å². The number of hydrogen-bond donors (Lipinski definition) is 0. The van der Waals surface area contributed by atoms with Gasteiger partial charge in [0.25, 0.3) is 0 Å². The van der Waals surface area contributed by atoms with Crippen molar-refractivity contribution in [3.63, 3.8) is 0 Å². The number of fused-ring (bicyclic) bond motifs is 16. The monoisotopic (exact) mass is 1310 g/mol. The average Bonchev–Trinajstić information content (AvgIpc) is 1.66. The molecule has 13 aromatic rings. The van der Waals surface area contributed by atoms with Gasteiger partial charge in [0.1, 0.15) is 0 Å². The lowest BCUT2D eigenvalue weighted by Gasteiger charge is -1.98. The normalized spacial score (nSPS) is 13.2. The number of hydrogen-bond acceptors (Lipinski definition) is 0. The smallest absolute Gasteiger partial charge is 0.00135 e. The van der Waals surface area contributed by atoms with Crippen LogP contribution < -0.4 is 0 Å². The number of allylic oxidation sites excluding steroid dienone is 7. The molecule has 0 saturated carbocycles. The molecule has 0 aliphatic heterocycles. The van der Waals surface area contributed by atoms with Gasteiger partial charge in [-0.3, -0.25) is 0 Å². The predicted molar refractivity (Wildman–Crippen MR) is 438 cm³/mol. The first-order valence-corrected chi connectivity index (χ1v) is 36.3. The molecule has 0 amide bonds. The zero-order chi connectivity index (χ0) is 68.8. The van der Waals surface area contributed by atoms with Gasteiger partial charge in [0.15, 0.2) is 0 Å². The van der Waals surface area contributed by atoms with Gasteiger partial charge < -0.3 is 0 Å². The molecule has 23 rings (SSSR count). The highest BCUT2D eigenvalue weighted by atomic mass is 14.2. The third-order valence-electron chi connectivity index (χ3n) is 19.9. The van der Waals surface area contributed by atoms with Gasteiger partial charge in [0.05, 0.1) is 0 Å². The summed E-state index contributed by atoms with van der Waals surface area (Å²) >= 11 is 0. The van der Waals surface area contributed by atoms with E-state index in [1.165, 1.54) is 145 Å². The predicted octanol–water partition coefficient (Wildman–Crippen LogP) is 25.6. The maximum Gasteiger partial charge on any atom is -0.00135 e. The lowest BCUT2D eigenvalue weighted by atomic mass is 10.1. The minimum Gasteiger partial charge on any atom is -0.0795 e. The van der Waals surface area contributed by atoms with E-state index >= 15 is 0 Å². The Labute approximate surface area is 605 Å². The molecule has 0 atom stereocenters. The molecular formula is C102H86. The lowest BCUT2D eigenvalue weighted by molar-refractivity contribution is 1.26. The molecule has 102 heavy (non-hydrogen) atoms. The summed E-state index contributed by atoms with van der Waals surface area (Å²) in [5.41, 5.74) is 37.2. The van der Waals surface area contributed by atoms with E-state index < -0.39 is 0 Å². The first-order chi connectivity index (χ1) is 50.6. The van der Waals surface area contributed by atoms with Crippen molar-refractivity contribution in [3.8, 4) is 33.4 Å². The fourth-order valence-corrected chi connectivity index (χ4v) is 14.6. The molecule has 0 bridgehead atoms. The van der Waals surface area contributed by atoms with Crippen molar-refractivity contribution in [3.05, 3.63) is 469 Å². The summed E-state index contributed by atoms with van der Waals surface area (Å²) in [6.45, 7) is 0. The van der Waals surface area contributed by atoms with Crippen LogP contribution in [0.15, 0.2) is 358 Å². The summed E-state index contributed by atoms with van der Waals surface area (Å²) in [4.78, 5) is 0. The Morgan fingerprint density at radius 1 is 0.118 bits per heavy atom. The Hall–Kier alpha value is -12.0. The third kappa shape index (κ3) is 17.2. The van der Waals surface area contributed by atoms with E-state index in [1.54, 1.807) is 0 Å². The number of rotatable bonds is 0. The summed E-state index contributed by atoms with van der Waals surface area (Å²) in [6, 6.07) is 111. The van der Waals surface area contributed by atoms with Crippen LogP contribution in [0.5, 0.6) is 0 Å². The second-order valence-electron chi connectivity index (χ2n) is 26.6. The van der Waals surface area contributed by atoms with E-state index in [0.717, 1.165) is 64.2 Å². The fraction of sp³-hybridized carbons (Fsp3) is 0.0980. The van der Waals surface area contributed by atoms with E-state index in [9.17, 15) is 0 Å². The molecule has 494 valence electrons. The SMILES string of the molecule is C1=Cc2ccccc2C1.C1=Cc2ccccc2C1.C1=Cc2ccccc2C1.C1=Cc2ccccc2C1.C1=Cc2ccccc2C1.C1=Cc2ccccc2C1.C1=Cc2ccccc2C1.c1ccc2c(c1)Cc1ccccc1-2.c1ccc2c(c1)Cc1ccccc1-2.c1ccc2c(c1)Cc1ccccc1-2. The van der Waals surface area contributed by atoms with Crippen LogP contribution in [0.4, 0.5) is 0 Å². The van der Waals surface area contributed by atoms with Crippen LogP contribution >= 0.6 is 0 Å². The maximum absolute atomic E-state index is 2.22. The molecule has 0 N–H and O–H groups in total. The lowest BCUT2D eigenvalue weighted by Crippen LogP contribution is -1.77. The van der Waals surface area contributed by atoms with Crippen molar-refractivity contribution in [2.45, 2.75) is 64.2 Å². The number of benzene rings is 13. The van der Waals surface area contributed by atoms with Gasteiger partial charge in [0.2, 0.25) is 0 Å². The molecular weight excluding hydrogens is 1230 g/mol. The van der Waals surface area contributed by atoms with Crippen molar-refractivity contribution in [1.29, 1.82) is 0 Å². The van der Waals surface area contributed by atoms with Crippen LogP contribution in [0.2, 0.25) is 0 Å². The first kappa shape index (κ1) is 67.2. The largest absolute Gasteiger partial charge is 0.0795 e. The van der Waals surface area contributed by atoms with E-state index in [2.05, 4.69) is 401 Å². The highest BCUT2D eigenvalue weighted by Crippen LogP contribution is 2.38. The van der Waals surface area contributed by atoms with Gasteiger partial charge in [-0.1, -0.05) is 401 Å². The molecule has 10 aliphatic carbocycles. The topological polar surface area (TPSA) is 0 Å². The van der Waals surface area contributed by atoms with E-state index in [-0.39, 0.29) is 0 Å². The van der Waals surface area contributed by atoms with Crippen molar-refractivity contribution < 1.29 is 0 Å². The summed E-state index contributed by atoms with van der Waals surface area (Å²) in [6.07, 6.45) is 41.8. The van der Waals surface area contributed by atoms with Crippen molar-refractivity contribution in [2.24, 2.45) is 0 Å². The quantitative estimate of drug-likeness (QED) is 0.142. The highest BCUT2D eigenvalue weighted by Gasteiger charge is 2.19. The van der Waals surface area contributed by atoms with E-state index in [1.807, 2.05) is 0 Å². The molecule has 0 heteroatoms. The minimum atomic E-state index is 1.10. The van der Waals surface area contributed by atoms with Gasteiger partial charge in [-0.05, 0) is 209 Å². The second-order valence-corrected chi connectivity index (χ2v) is 26.6. The molecule has 13 aromatic carbocycles. The van der Waals surface area contributed by atoms with Crippen LogP contribution in [-0.4, -0.2) is 0 Å². The van der Waals surface area contributed by atoms with Gasteiger partial charge in [-0.2, -0.15) is 0 Å². The van der Waals surface area contributed by atoms with Gasteiger partial charge in [0, 0.05) is 0 Å². The third-order valence-corrected chi connectivity index (χ3v) is 19.9. The molecule has 0 radical (unpaired) electrons. The fourth-order valence-electron chi connectivity index (χ4n) is 14.6. The Kier molecular flexibility index (Phi) is 22.5. The van der Waals surface area contributed by atoms with Gasteiger partial charge in [-0.25, -0.2) is 0 Å². The molecule has 0 aromatic heterocycles. The Balaban J connectivity index is 0.0000000965. The first-order valence-electron chi connectivity index (χ1n) is 36.3. The van der Waals surface area contributed by atoms with Crippen molar-refractivity contribution >= 4 is 42.5 Å². The minimum absolute atomic E-state index is 1.10. The standard InChI is InChI=1S/3C13H10.7C9H8/c3*1-3-7-12-10(5-1)9-11-6-2-4-8-13(11)12;7*1-2-5-9-7-3-6-8(9)4-1/h3*1-8H,9H2;7*1-6H,7H2. The van der Waals surface area contributed by atoms with Gasteiger partial charge >= 0.3 is 0 Å². The molecule has 10 aliphatic rings. The summed E-state index contributed by atoms with van der Waals surface area (Å²) < 4.78 is 0. The summed E-state index contributed by atoms with van der Waals surface area (Å²) in [5, 5.41) is 0. The maximum atomic E-state index is 2.22.